The van der Waals surface area contributed by atoms with Gasteiger partial charge in [-0.3, -0.25) is 4.90 Å². The van der Waals surface area contributed by atoms with Crippen LogP contribution in [0.3, 0.4) is 0 Å². The number of amides is 2. The predicted octanol–water partition coefficient (Wildman–Crippen LogP) is 5.78. The van der Waals surface area contributed by atoms with E-state index < -0.39 is 24.3 Å². The van der Waals surface area contributed by atoms with Crippen LogP contribution in [0.5, 0.6) is 11.5 Å². The Balaban J connectivity index is 1.28. The number of aromatic amines is 1. The van der Waals surface area contributed by atoms with Crippen molar-refractivity contribution >= 4 is 34.7 Å². The standard InChI is InChI=1S/C33H36ClN3O7/c1-21-3-8-26(9-4-21)44-33(40)37-15-13-27-28-19-23(34)7-12-29(28)36-30(27)31(37)22-5-10-25(11-6-22)42-16-14-24(38)20-35-32(39)43-18-17-41-2/h3-12,19,24,31,36,38H,13-18,20H2,1-2H3,(H,35,39). The summed E-state index contributed by atoms with van der Waals surface area (Å²) in [5, 5.41) is 14.4. The Morgan fingerprint density at radius 2 is 1.80 bits per heavy atom. The maximum absolute atomic E-state index is 13.5. The number of aromatic nitrogens is 1. The summed E-state index contributed by atoms with van der Waals surface area (Å²) in [5.41, 5.74) is 4.95. The molecule has 4 aromatic rings. The maximum atomic E-state index is 13.5. The van der Waals surface area contributed by atoms with Crippen molar-refractivity contribution in [1.82, 2.24) is 15.2 Å². The molecular weight excluding hydrogens is 586 g/mol. The molecule has 3 aromatic carbocycles. The Hall–Kier alpha value is -4.25. The van der Waals surface area contributed by atoms with E-state index in [1.165, 1.54) is 7.11 Å². The van der Waals surface area contributed by atoms with Crippen LogP contribution in [-0.4, -0.2) is 73.3 Å². The van der Waals surface area contributed by atoms with E-state index in [9.17, 15) is 14.7 Å². The molecule has 2 heterocycles. The minimum Gasteiger partial charge on any atom is -0.493 e. The van der Waals surface area contributed by atoms with E-state index in [4.69, 9.17) is 30.5 Å². The largest absolute Gasteiger partial charge is 0.493 e. The van der Waals surface area contributed by atoms with Crippen molar-refractivity contribution in [2.75, 3.05) is 40.0 Å². The number of aryl methyl sites for hydroxylation is 1. The van der Waals surface area contributed by atoms with E-state index in [0.717, 1.165) is 33.3 Å². The van der Waals surface area contributed by atoms with Crippen molar-refractivity contribution in [3.63, 3.8) is 0 Å². The first-order chi connectivity index (χ1) is 21.3. The van der Waals surface area contributed by atoms with Crippen LogP contribution in [0.25, 0.3) is 10.9 Å². The summed E-state index contributed by atoms with van der Waals surface area (Å²) in [5.74, 6) is 1.10. The van der Waals surface area contributed by atoms with Gasteiger partial charge < -0.3 is 34.4 Å². The van der Waals surface area contributed by atoms with Gasteiger partial charge in [-0.05, 0) is 66.9 Å². The van der Waals surface area contributed by atoms with Gasteiger partial charge in [-0.25, -0.2) is 9.59 Å². The molecule has 0 bridgehead atoms. The van der Waals surface area contributed by atoms with Gasteiger partial charge in [-0.1, -0.05) is 41.4 Å². The number of benzene rings is 3. The van der Waals surface area contributed by atoms with E-state index in [0.29, 0.717) is 42.5 Å². The number of alkyl carbamates (subject to hydrolysis) is 1. The van der Waals surface area contributed by atoms with Crippen LogP contribution in [0, 0.1) is 6.92 Å². The Kier molecular flexibility index (Phi) is 10.3. The van der Waals surface area contributed by atoms with Crippen molar-refractivity contribution in [3.8, 4) is 11.5 Å². The molecule has 0 fully saturated rings. The van der Waals surface area contributed by atoms with Crippen molar-refractivity contribution in [1.29, 1.82) is 0 Å². The summed E-state index contributed by atoms with van der Waals surface area (Å²) in [6, 6.07) is 20.2. The normalized spacial score (nSPS) is 15.0. The molecule has 2 amide bonds. The van der Waals surface area contributed by atoms with Gasteiger partial charge in [0.15, 0.2) is 0 Å². The number of H-pyrrole nitrogens is 1. The highest BCUT2D eigenvalue weighted by Gasteiger charge is 2.35. The Labute approximate surface area is 260 Å². The summed E-state index contributed by atoms with van der Waals surface area (Å²) >= 11 is 6.33. The Morgan fingerprint density at radius 3 is 2.55 bits per heavy atom. The molecule has 10 nitrogen and oxygen atoms in total. The summed E-state index contributed by atoms with van der Waals surface area (Å²) in [6.07, 6.45) is -0.889. The minimum absolute atomic E-state index is 0.0440. The fourth-order valence-corrected chi connectivity index (χ4v) is 5.37. The number of methoxy groups -OCH3 is 1. The van der Waals surface area contributed by atoms with Gasteiger partial charge in [0.05, 0.1) is 19.3 Å². The second-order valence-corrected chi connectivity index (χ2v) is 11.0. The second kappa shape index (κ2) is 14.5. The topological polar surface area (TPSA) is 122 Å². The summed E-state index contributed by atoms with van der Waals surface area (Å²) in [6.45, 7) is 3.17. The lowest BCUT2D eigenvalue weighted by atomic mass is 9.92. The lowest BCUT2D eigenvalue weighted by Crippen LogP contribution is -2.42. The third-order valence-corrected chi connectivity index (χ3v) is 7.70. The van der Waals surface area contributed by atoms with E-state index >= 15 is 0 Å². The Bertz CT molecular complexity index is 1570. The third kappa shape index (κ3) is 7.63. The van der Waals surface area contributed by atoms with Crippen LogP contribution >= 0.6 is 11.6 Å². The molecule has 0 saturated carbocycles. The first-order valence-corrected chi connectivity index (χ1v) is 14.9. The molecule has 1 aromatic heterocycles. The molecule has 232 valence electrons. The van der Waals surface area contributed by atoms with Crippen molar-refractivity contribution < 1.29 is 33.6 Å². The number of halogens is 1. The van der Waals surface area contributed by atoms with Crippen LogP contribution in [0.2, 0.25) is 5.02 Å². The SMILES string of the molecule is COCCOC(=O)NCC(O)CCOc1ccc(C2c3[nH]c4ccc(Cl)cc4c3CCN2C(=O)Oc2ccc(C)cc2)cc1. The lowest BCUT2D eigenvalue weighted by molar-refractivity contribution is 0.0910. The zero-order chi connectivity index (χ0) is 31.1. The lowest BCUT2D eigenvalue weighted by Gasteiger charge is -2.35. The van der Waals surface area contributed by atoms with Crippen LogP contribution in [0.1, 0.15) is 34.8 Å². The highest BCUT2D eigenvalue weighted by atomic mass is 35.5. The highest BCUT2D eigenvalue weighted by Crippen LogP contribution is 2.40. The zero-order valence-electron chi connectivity index (χ0n) is 24.7. The fraction of sp³-hybridized carbons (Fsp3) is 0.333. The molecule has 0 aliphatic carbocycles. The van der Waals surface area contributed by atoms with Gasteiger partial charge in [0.25, 0.3) is 0 Å². The van der Waals surface area contributed by atoms with Gasteiger partial charge in [0.1, 0.15) is 24.1 Å². The maximum Gasteiger partial charge on any atom is 0.416 e. The number of nitrogens with one attached hydrogen (secondary N) is 2. The van der Waals surface area contributed by atoms with Gasteiger partial charge >= 0.3 is 12.2 Å². The number of ether oxygens (including phenoxy) is 4. The zero-order valence-corrected chi connectivity index (χ0v) is 25.4. The minimum atomic E-state index is -0.798. The van der Waals surface area contributed by atoms with Crippen LogP contribution in [0.4, 0.5) is 9.59 Å². The third-order valence-electron chi connectivity index (χ3n) is 7.47. The average molecular weight is 622 g/mol. The molecule has 2 atom stereocenters. The number of carbonyl (C=O) groups is 2. The number of rotatable bonds is 11. The van der Waals surface area contributed by atoms with E-state index in [2.05, 4.69) is 10.3 Å². The molecule has 1 aliphatic heterocycles. The number of carbonyl (C=O) groups excluding carboxylic acids is 2. The first kappa shape index (κ1) is 31.2. The fourth-order valence-electron chi connectivity index (χ4n) is 5.20. The number of fused-ring (bicyclic) bond motifs is 3. The van der Waals surface area contributed by atoms with Gasteiger partial charge in [-0.2, -0.15) is 0 Å². The van der Waals surface area contributed by atoms with E-state index in [-0.39, 0.29) is 19.8 Å². The molecule has 1 aliphatic rings. The monoisotopic (exact) mass is 621 g/mol. The molecule has 0 saturated heterocycles. The predicted molar refractivity (Wildman–Crippen MR) is 167 cm³/mol. The first-order valence-electron chi connectivity index (χ1n) is 14.5. The van der Waals surface area contributed by atoms with Gasteiger partial charge in [0, 0.05) is 48.2 Å². The van der Waals surface area contributed by atoms with Crippen molar-refractivity contribution in [3.05, 3.63) is 94.1 Å². The van der Waals surface area contributed by atoms with Crippen LogP contribution in [-0.2, 0) is 15.9 Å². The highest BCUT2D eigenvalue weighted by molar-refractivity contribution is 6.31. The molecule has 0 spiro atoms. The Morgan fingerprint density at radius 1 is 1.05 bits per heavy atom. The average Bonchev–Trinajstić information content (AvgIpc) is 3.39. The number of aliphatic hydroxyl groups is 1. The second-order valence-electron chi connectivity index (χ2n) is 10.6. The molecule has 3 N–H and O–H groups in total. The molecule has 0 radical (unpaired) electrons. The van der Waals surface area contributed by atoms with E-state index in [1.54, 1.807) is 17.0 Å². The molecule has 5 rings (SSSR count). The van der Waals surface area contributed by atoms with Crippen LogP contribution in [0.15, 0.2) is 66.7 Å². The van der Waals surface area contributed by atoms with E-state index in [1.807, 2.05) is 61.5 Å². The number of hydrogen-bond donors (Lipinski definition) is 3. The van der Waals surface area contributed by atoms with Crippen molar-refractivity contribution in [2.45, 2.75) is 31.9 Å². The molecular formula is C33H36ClN3O7. The summed E-state index contributed by atoms with van der Waals surface area (Å²) in [4.78, 5) is 30.4. The quantitative estimate of drug-likeness (QED) is 0.182. The van der Waals surface area contributed by atoms with Crippen molar-refractivity contribution in [2.24, 2.45) is 0 Å². The van der Waals surface area contributed by atoms with Gasteiger partial charge in [0.2, 0.25) is 0 Å². The number of hydrogen-bond acceptors (Lipinski definition) is 7. The molecule has 11 heteroatoms. The molecule has 2 unspecified atom stereocenters. The summed E-state index contributed by atoms with van der Waals surface area (Å²) in [7, 11) is 1.52. The number of aliphatic hydroxyl groups excluding tert-OH is 1. The van der Waals surface area contributed by atoms with Gasteiger partial charge in [-0.15, -0.1) is 0 Å². The number of nitrogens with zero attached hydrogens (tertiary/aromatic N) is 1. The molecule has 44 heavy (non-hydrogen) atoms. The smallest absolute Gasteiger partial charge is 0.416 e. The van der Waals surface area contributed by atoms with Crippen LogP contribution < -0.4 is 14.8 Å². The summed E-state index contributed by atoms with van der Waals surface area (Å²) < 4.78 is 21.4.